The van der Waals surface area contributed by atoms with Gasteiger partial charge in [0.2, 0.25) is 0 Å². The van der Waals surface area contributed by atoms with Crippen molar-refractivity contribution in [3.05, 3.63) is 29.8 Å². The molecule has 0 aromatic heterocycles. The average Bonchev–Trinajstić information content (AvgIpc) is 2.52. The molecule has 2 N–H and O–H groups in total. The molecule has 0 saturated heterocycles. The highest BCUT2D eigenvalue weighted by Gasteiger charge is 2.25. The Balaban J connectivity index is 1.93. The number of ether oxygens (including phenoxy) is 1. The Morgan fingerprint density at radius 2 is 1.59 bits per heavy atom. The van der Waals surface area contributed by atoms with Gasteiger partial charge in [-0.1, -0.05) is 12.1 Å². The number of hydrogen-bond donors (Lipinski definition) is 2. The zero-order chi connectivity index (χ0) is 20.2. The van der Waals surface area contributed by atoms with Gasteiger partial charge in [0, 0.05) is 5.92 Å². The van der Waals surface area contributed by atoms with Crippen LogP contribution in [0.2, 0.25) is 0 Å². The van der Waals surface area contributed by atoms with Gasteiger partial charge in [0.05, 0.1) is 5.69 Å². The van der Waals surface area contributed by atoms with E-state index >= 15 is 0 Å². The second-order valence-corrected chi connectivity index (χ2v) is 9.41. The van der Waals surface area contributed by atoms with Crippen molar-refractivity contribution in [3.63, 3.8) is 0 Å². The van der Waals surface area contributed by atoms with Crippen LogP contribution in [0.5, 0.6) is 0 Å². The fourth-order valence-electron chi connectivity index (χ4n) is 3.25. The van der Waals surface area contributed by atoms with Crippen LogP contribution in [0.25, 0.3) is 0 Å². The Kier molecular flexibility index (Phi) is 6.51. The molecule has 0 atom stereocenters. The number of amides is 1. The lowest BCUT2D eigenvalue weighted by Gasteiger charge is -2.27. The van der Waals surface area contributed by atoms with Crippen molar-refractivity contribution < 1.29 is 22.7 Å². The Morgan fingerprint density at radius 3 is 2.07 bits per heavy atom. The van der Waals surface area contributed by atoms with Gasteiger partial charge in [-0.2, -0.15) is 8.42 Å². The van der Waals surface area contributed by atoms with E-state index in [9.17, 15) is 18.0 Å². The number of hydrogen-bond acceptors (Lipinski definition) is 5. The third-order valence-corrected chi connectivity index (χ3v) is 5.49. The molecule has 0 spiro atoms. The van der Waals surface area contributed by atoms with Gasteiger partial charge < -0.3 is 4.74 Å². The predicted octanol–water partition coefficient (Wildman–Crippen LogP) is 3.73. The number of ketones is 1. The number of carbonyl (C=O) groups excluding carboxylic acids is 2. The molecule has 0 aliphatic heterocycles. The summed E-state index contributed by atoms with van der Waals surface area (Å²) >= 11 is 0. The van der Waals surface area contributed by atoms with Crippen LogP contribution in [-0.2, 0) is 19.7 Å². The number of nitrogens with one attached hydrogen (secondary N) is 2. The van der Waals surface area contributed by atoms with Gasteiger partial charge in [-0.3, -0.25) is 9.52 Å². The van der Waals surface area contributed by atoms with Crippen LogP contribution < -0.4 is 9.44 Å². The lowest BCUT2D eigenvalue weighted by atomic mass is 9.77. The normalized spacial score (nSPS) is 20.6. The molecule has 0 heterocycles. The molecule has 0 unspecified atom stereocenters. The lowest BCUT2D eigenvalue weighted by molar-refractivity contribution is -0.121. The molecule has 7 nitrogen and oxygen atoms in total. The molecule has 27 heavy (non-hydrogen) atoms. The van der Waals surface area contributed by atoms with E-state index in [1.807, 2.05) is 16.9 Å². The molecule has 150 valence electrons. The minimum Gasteiger partial charge on any atom is -0.443 e. The first-order chi connectivity index (χ1) is 12.5. The van der Waals surface area contributed by atoms with Gasteiger partial charge in [-0.25, -0.2) is 9.52 Å². The summed E-state index contributed by atoms with van der Waals surface area (Å²) in [4.78, 5) is 23.1. The van der Waals surface area contributed by atoms with E-state index in [1.165, 1.54) is 0 Å². The maximum absolute atomic E-state index is 12.0. The van der Waals surface area contributed by atoms with Crippen molar-refractivity contribution in [1.29, 1.82) is 0 Å². The molecule has 1 saturated carbocycles. The summed E-state index contributed by atoms with van der Waals surface area (Å²) in [6, 6.07) is 7.09. The second kappa shape index (κ2) is 8.29. The number of rotatable bonds is 5. The van der Waals surface area contributed by atoms with Gasteiger partial charge in [0.25, 0.3) is 0 Å². The van der Waals surface area contributed by atoms with Crippen LogP contribution in [0.3, 0.4) is 0 Å². The molecule has 0 radical (unpaired) electrons. The Morgan fingerprint density at radius 1 is 1.04 bits per heavy atom. The Labute approximate surface area is 161 Å². The molecular weight excluding hydrogens is 368 g/mol. The van der Waals surface area contributed by atoms with E-state index in [0.29, 0.717) is 11.6 Å². The van der Waals surface area contributed by atoms with E-state index in [-0.39, 0.29) is 11.7 Å². The van der Waals surface area contributed by atoms with Crippen LogP contribution in [0.4, 0.5) is 10.5 Å². The van der Waals surface area contributed by atoms with E-state index in [0.717, 1.165) is 31.2 Å². The molecule has 8 heteroatoms. The van der Waals surface area contributed by atoms with Crippen molar-refractivity contribution in [2.24, 2.45) is 5.92 Å². The highest BCUT2D eigenvalue weighted by Crippen LogP contribution is 2.36. The van der Waals surface area contributed by atoms with Gasteiger partial charge >= 0.3 is 16.3 Å². The van der Waals surface area contributed by atoms with Crippen molar-refractivity contribution in [1.82, 2.24) is 4.72 Å². The van der Waals surface area contributed by atoms with Crippen LogP contribution >= 0.6 is 0 Å². The lowest BCUT2D eigenvalue weighted by Crippen LogP contribution is -2.39. The van der Waals surface area contributed by atoms with Gasteiger partial charge in [0.1, 0.15) is 11.4 Å². The third kappa shape index (κ3) is 6.86. The maximum atomic E-state index is 12.0. The van der Waals surface area contributed by atoms with Crippen LogP contribution in [-0.4, -0.2) is 25.9 Å². The van der Waals surface area contributed by atoms with Crippen molar-refractivity contribution in [2.75, 3.05) is 4.72 Å². The van der Waals surface area contributed by atoms with E-state index < -0.39 is 21.9 Å². The molecule has 1 aromatic carbocycles. The summed E-state index contributed by atoms with van der Waals surface area (Å²) in [5.74, 6) is 0.813. The van der Waals surface area contributed by atoms with Crippen LogP contribution in [0.15, 0.2) is 24.3 Å². The van der Waals surface area contributed by atoms with Crippen LogP contribution in [0.1, 0.15) is 64.9 Å². The van der Waals surface area contributed by atoms with Gasteiger partial charge in [-0.15, -0.1) is 0 Å². The number of anilines is 1. The molecule has 2 rings (SSSR count). The largest absolute Gasteiger partial charge is 0.443 e. The molecule has 1 fully saturated rings. The van der Waals surface area contributed by atoms with Crippen LogP contribution in [0, 0.1) is 5.92 Å². The highest BCUT2D eigenvalue weighted by atomic mass is 32.2. The molecule has 1 aromatic rings. The zero-order valence-electron chi connectivity index (χ0n) is 16.2. The predicted molar refractivity (Wildman–Crippen MR) is 104 cm³/mol. The first kappa shape index (κ1) is 21.2. The topological polar surface area (TPSA) is 102 Å². The van der Waals surface area contributed by atoms with Gasteiger partial charge in [-0.05, 0) is 77.0 Å². The Bertz CT molecular complexity index is 773. The molecule has 1 aliphatic carbocycles. The van der Waals surface area contributed by atoms with Gasteiger partial charge in [0.15, 0.2) is 0 Å². The SMILES string of the molecule is CC(=O)C1CCC(c2ccc(NS(=O)(=O)NC(=O)OC(C)(C)C)cc2)CC1. The first-order valence-electron chi connectivity index (χ1n) is 9.09. The standard InChI is InChI=1S/C19H28N2O5S/c1-13(22)14-5-7-15(8-6-14)16-9-11-17(12-10-16)20-27(24,25)21-18(23)26-19(2,3)4/h9-12,14-15,20H,5-8H2,1-4H3,(H,21,23). The summed E-state index contributed by atoms with van der Waals surface area (Å²) in [6.45, 7) is 6.59. The molecule has 1 aliphatic rings. The summed E-state index contributed by atoms with van der Waals surface area (Å²) in [5.41, 5.74) is 0.690. The summed E-state index contributed by atoms with van der Waals surface area (Å²) in [5, 5.41) is 0. The van der Waals surface area contributed by atoms with Crippen molar-refractivity contribution >= 4 is 27.8 Å². The maximum Gasteiger partial charge on any atom is 0.422 e. The van der Waals surface area contributed by atoms with E-state index in [4.69, 9.17) is 4.74 Å². The number of benzene rings is 1. The average molecular weight is 397 g/mol. The number of carbonyl (C=O) groups is 2. The monoisotopic (exact) mass is 396 g/mol. The minimum atomic E-state index is -4.07. The molecular formula is C19H28N2O5S. The summed E-state index contributed by atoms with van der Waals surface area (Å²) < 4.78 is 33.1. The summed E-state index contributed by atoms with van der Waals surface area (Å²) in [7, 11) is -4.07. The number of Topliss-reactive ketones (excluding diaryl/α,β-unsaturated/α-hetero) is 1. The Hall–Kier alpha value is -2.09. The van der Waals surface area contributed by atoms with Crippen molar-refractivity contribution in [2.45, 2.75) is 64.9 Å². The highest BCUT2D eigenvalue weighted by molar-refractivity contribution is 7.91. The first-order valence-corrected chi connectivity index (χ1v) is 10.6. The second-order valence-electron chi connectivity index (χ2n) is 7.99. The minimum absolute atomic E-state index is 0.172. The quantitative estimate of drug-likeness (QED) is 0.790. The third-order valence-electron chi connectivity index (χ3n) is 4.55. The zero-order valence-corrected chi connectivity index (χ0v) is 17.1. The van der Waals surface area contributed by atoms with E-state index in [2.05, 4.69) is 4.72 Å². The molecule has 0 bridgehead atoms. The smallest absolute Gasteiger partial charge is 0.422 e. The summed E-state index contributed by atoms with van der Waals surface area (Å²) in [6.07, 6.45) is 2.67. The van der Waals surface area contributed by atoms with E-state index in [1.54, 1.807) is 39.8 Å². The fourth-order valence-corrected chi connectivity index (χ4v) is 4.00. The van der Waals surface area contributed by atoms with Crippen molar-refractivity contribution in [3.8, 4) is 0 Å². The molecule has 1 amide bonds. The fraction of sp³-hybridized carbons (Fsp3) is 0.579.